The molecule has 0 spiro atoms. The van der Waals surface area contributed by atoms with Crippen molar-refractivity contribution in [2.45, 2.75) is 45.6 Å². The van der Waals surface area contributed by atoms with Crippen LogP contribution in [0.5, 0.6) is 11.5 Å². The number of alkyl halides is 3. The molecule has 0 radical (unpaired) electrons. The van der Waals surface area contributed by atoms with Crippen molar-refractivity contribution in [1.82, 2.24) is 10.3 Å². The number of morpholine rings is 1. The summed E-state index contributed by atoms with van der Waals surface area (Å²) in [5, 5.41) is 15.6. The fourth-order valence-corrected chi connectivity index (χ4v) is 5.14. The molecular weight excluding hydrogens is 643 g/mol. The van der Waals surface area contributed by atoms with Crippen molar-refractivity contribution >= 4 is 39.8 Å². The lowest BCUT2D eigenvalue weighted by Gasteiger charge is -2.30. The number of carboxylic acid groups (broad SMARTS) is 1. The molecule has 262 valence electrons. The number of nitrogen functional groups attached to an aromatic ring is 1. The van der Waals surface area contributed by atoms with E-state index < -0.39 is 18.2 Å². The molecule has 1 unspecified atom stereocenters. The predicted octanol–water partition coefficient (Wildman–Crippen LogP) is 5.94. The number of fused-ring (bicyclic) bond motifs is 1. The molecule has 49 heavy (non-hydrogen) atoms. The van der Waals surface area contributed by atoms with Gasteiger partial charge in [0.1, 0.15) is 11.9 Å². The summed E-state index contributed by atoms with van der Waals surface area (Å²) in [6.45, 7) is 9.76. The standard InChI is InChI=1S/C33H39N5O4.C2HF3O2/c1-4-41-30-20-24(9-12-29(30)42-22(2)3)31(37-26-10-11-27-23(19-26)13-14-35-32(27)34)33(39)36-21-25-7-5-6-8-28(25)38-15-17-40-18-16-38;3-2(4,5)1(6)7/h5-14,19-20,22,31,37H,4,15-18,21H2,1-3H3,(H2,34,35)(H,36,39);(H,6,7). The number of carboxylic acids is 1. The number of amides is 1. The number of pyridine rings is 1. The monoisotopic (exact) mass is 683 g/mol. The molecular formula is C35H40F3N5O6. The van der Waals surface area contributed by atoms with Gasteiger partial charge >= 0.3 is 12.1 Å². The fraction of sp³-hybridized carbons (Fsp3) is 0.343. The molecule has 5 N–H and O–H groups in total. The molecule has 2 heterocycles. The number of nitrogens with two attached hydrogens (primary N) is 1. The smallest absolute Gasteiger partial charge is 0.490 e. The number of carbonyl (C=O) groups is 2. The normalized spacial score (nSPS) is 13.7. The van der Waals surface area contributed by atoms with Crippen LogP contribution in [0, 0.1) is 0 Å². The summed E-state index contributed by atoms with van der Waals surface area (Å²) in [6.07, 6.45) is -3.42. The maximum absolute atomic E-state index is 13.9. The van der Waals surface area contributed by atoms with Crippen molar-refractivity contribution < 1.29 is 42.1 Å². The Kier molecular flexibility index (Phi) is 12.5. The number of anilines is 3. The van der Waals surface area contributed by atoms with E-state index in [0.29, 0.717) is 43.7 Å². The van der Waals surface area contributed by atoms with Crippen molar-refractivity contribution in [3.8, 4) is 11.5 Å². The lowest BCUT2D eigenvalue weighted by molar-refractivity contribution is -0.192. The summed E-state index contributed by atoms with van der Waals surface area (Å²) in [5.74, 6) is -1.22. The number of para-hydroxylation sites is 1. The minimum absolute atomic E-state index is 0.0154. The molecule has 1 fully saturated rings. The molecule has 11 nitrogen and oxygen atoms in total. The average molecular weight is 684 g/mol. The average Bonchev–Trinajstić information content (AvgIpc) is 3.07. The Morgan fingerprint density at radius 2 is 1.76 bits per heavy atom. The van der Waals surface area contributed by atoms with Gasteiger partial charge in [0.15, 0.2) is 11.5 Å². The summed E-state index contributed by atoms with van der Waals surface area (Å²) < 4.78 is 49.2. The molecule has 1 aliphatic rings. The van der Waals surface area contributed by atoms with Crippen LogP contribution in [0.15, 0.2) is 72.9 Å². The number of halogens is 3. The number of hydrogen-bond donors (Lipinski definition) is 4. The predicted molar refractivity (Wildman–Crippen MR) is 181 cm³/mol. The maximum Gasteiger partial charge on any atom is 0.490 e. The van der Waals surface area contributed by atoms with Gasteiger partial charge in [0, 0.05) is 42.6 Å². The summed E-state index contributed by atoms with van der Waals surface area (Å²) >= 11 is 0. The van der Waals surface area contributed by atoms with Crippen LogP contribution < -0.4 is 30.7 Å². The van der Waals surface area contributed by atoms with Gasteiger partial charge in [-0.1, -0.05) is 24.3 Å². The quantitative estimate of drug-likeness (QED) is 0.150. The first kappa shape index (κ1) is 36.6. The van der Waals surface area contributed by atoms with E-state index in [1.165, 1.54) is 0 Å². The number of aliphatic carboxylic acids is 1. The van der Waals surface area contributed by atoms with Crippen LogP contribution in [0.25, 0.3) is 10.8 Å². The van der Waals surface area contributed by atoms with Gasteiger partial charge in [-0.05, 0) is 79.7 Å². The zero-order valence-corrected chi connectivity index (χ0v) is 27.4. The second-order valence-corrected chi connectivity index (χ2v) is 11.3. The van der Waals surface area contributed by atoms with E-state index in [4.69, 9.17) is 29.8 Å². The first-order valence-corrected chi connectivity index (χ1v) is 15.7. The van der Waals surface area contributed by atoms with Gasteiger partial charge < -0.3 is 40.6 Å². The molecule has 1 aliphatic heterocycles. The fourth-order valence-electron chi connectivity index (χ4n) is 5.14. The summed E-state index contributed by atoms with van der Waals surface area (Å²) in [7, 11) is 0. The number of hydrogen-bond acceptors (Lipinski definition) is 9. The van der Waals surface area contributed by atoms with E-state index >= 15 is 0 Å². The molecule has 4 aromatic rings. The van der Waals surface area contributed by atoms with Gasteiger partial charge in [-0.2, -0.15) is 13.2 Å². The van der Waals surface area contributed by atoms with E-state index in [1.807, 2.05) is 75.4 Å². The zero-order chi connectivity index (χ0) is 35.6. The third-order valence-electron chi connectivity index (χ3n) is 7.37. The highest BCUT2D eigenvalue weighted by Crippen LogP contribution is 2.34. The number of carbonyl (C=O) groups excluding carboxylic acids is 1. The van der Waals surface area contributed by atoms with E-state index in [9.17, 15) is 18.0 Å². The van der Waals surface area contributed by atoms with E-state index in [0.717, 1.165) is 46.4 Å². The Labute approximate surface area is 282 Å². The van der Waals surface area contributed by atoms with Crippen molar-refractivity contribution in [1.29, 1.82) is 0 Å². The second-order valence-electron chi connectivity index (χ2n) is 11.3. The van der Waals surface area contributed by atoms with Gasteiger partial charge in [0.2, 0.25) is 5.91 Å². The van der Waals surface area contributed by atoms with Gasteiger partial charge in [-0.15, -0.1) is 0 Å². The van der Waals surface area contributed by atoms with E-state index in [-0.39, 0.29) is 12.0 Å². The topological polar surface area (TPSA) is 148 Å². The van der Waals surface area contributed by atoms with Crippen LogP contribution in [0.2, 0.25) is 0 Å². The molecule has 1 amide bonds. The number of ether oxygens (including phenoxy) is 3. The Hall–Kier alpha value is -5.24. The van der Waals surface area contributed by atoms with Crippen LogP contribution in [0.3, 0.4) is 0 Å². The Balaban J connectivity index is 0.000000698. The molecule has 0 aliphatic carbocycles. The van der Waals surface area contributed by atoms with Crippen LogP contribution >= 0.6 is 0 Å². The third kappa shape index (κ3) is 10.1. The minimum Gasteiger partial charge on any atom is -0.490 e. The molecule has 1 atom stereocenters. The highest BCUT2D eigenvalue weighted by Gasteiger charge is 2.38. The number of nitrogens with one attached hydrogen (secondary N) is 2. The first-order chi connectivity index (χ1) is 23.4. The van der Waals surface area contributed by atoms with Crippen LogP contribution in [0.4, 0.5) is 30.4 Å². The van der Waals surface area contributed by atoms with Crippen LogP contribution in [-0.2, 0) is 20.9 Å². The van der Waals surface area contributed by atoms with Crippen molar-refractivity contribution in [2.24, 2.45) is 0 Å². The Morgan fingerprint density at radius 3 is 2.43 bits per heavy atom. The number of nitrogens with zero attached hydrogens (tertiary/aromatic N) is 2. The molecule has 0 saturated carbocycles. The lowest BCUT2D eigenvalue weighted by Crippen LogP contribution is -2.38. The zero-order valence-electron chi connectivity index (χ0n) is 27.4. The molecule has 1 aromatic heterocycles. The Bertz CT molecular complexity index is 1730. The highest BCUT2D eigenvalue weighted by molar-refractivity contribution is 5.94. The maximum atomic E-state index is 13.9. The van der Waals surface area contributed by atoms with Crippen LogP contribution in [-0.4, -0.2) is 67.2 Å². The van der Waals surface area contributed by atoms with Gasteiger partial charge in [-0.3, -0.25) is 4.79 Å². The molecule has 1 saturated heterocycles. The van der Waals surface area contributed by atoms with Gasteiger partial charge in [-0.25, -0.2) is 9.78 Å². The summed E-state index contributed by atoms with van der Waals surface area (Å²) in [6, 6.07) is 20.8. The van der Waals surface area contributed by atoms with E-state index in [1.54, 1.807) is 6.20 Å². The van der Waals surface area contributed by atoms with Crippen LogP contribution in [0.1, 0.15) is 37.9 Å². The Morgan fingerprint density at radius 1 is 1.04 bits per heavy atom. The van der Waals surface area contributed by atoms with E-state index in [2.05, 4.69) is 32.7 Å². The first-order valence-electron chi connectivity index (χ1n) is 15.7. The molecule has 14 heteroatoms. The van der Waals surface area contributed by atoms with Crippen molar-refractivity contribution in [3.63, 3.8) is 0 Å². The summed E-state index contributed by atoms with van der Waals surface area (Å²) in [4.78, 5) is 29.3. The van der Waals surface area contributed by atoms with Gasteiger partial charge in [0.05, 0.1) is 25.9 Å². The van der Waals surface area contributed by atoms with Gasteiger partial charge in [0.25, 0.3) is 0 Å². The highest BCUT2D eigenvalue weighted by atomic mass is 19.4. The SMILES string of the molecule is CCOc1cc(C(Nc2ccc3c(N)nccc3c2)C(=O)NCc2ccccc2N2CCOCC2)ccc1OC(C)C.O=C(O)C(F)(F)F. The van der Waals surface area contributed by atoms with Crippen molar-refractivity contribution in [3.05, 3.63) is 84.1 Å². The van der Waals surface area contributed by atoms with Crippen molar-refractivity contribution in [2.75, 3.05) is 48.9 Å². The minimum atomic E-state index is -5.08. The summed E-state index contributed by atoms with van der Waals surface area (Å²) in [5.41, 5.74) is 9.77. The molecule has 0 bridgehead atoms. The number of rotatable bonds is 11. The third-order valence-corrected chi connectivity index (χ3v) is 7.37. The number of benzene rings is 3. The largest absolute Gasteiger partial charge is 0.490 e. The second kappa shape index (κ2) is 16.7. The molecule has 5 rings (SSSR count). The molecule has 3 aromatic carbocycles. The number of aromatic nitrogens is 1. The lowest BCUT2D eigenvalue weighted by atomic mass is 10.0.